The van der Waals surface area contributed by atoms with Gasteiger partial charge in [-0.15, -0.1) is 0 Å². The lowest BCUT2D eigenvalue weighted by Crippen LogP contribution is -2.45. The number of nitriles is 1. The molecule has 0 radical (unpaired) electrons. The van der Waals surface area contributed by atoms with Gasteiger partial charge >= 0.3 is 0 Å². The van der Waals surface area contributed by atoms with Crippen LogP contribution in [0, 0.1) is 23.1 Å². The Balaban J connectivity index is 2.11. The van der Waals surface area contributed by atoms with Crippen LogP contribution < -0.4 is 5.73 Å². The summed E-state index contributed by atoms with van der Waals surface area (Å²) in [6.07, 6.45) is 1.03. The van der Waals surface area contributed by atoms with E-state index in [1.165, 1.54) is 12.1 Å². The van der Waals surface area contributed by atoms with Crippen LogP contribution in [-0.2, 0) is 6.54 Å². The van der Waals surface area contributed by atoms with Gasteiger partial charge in [-0.05, 0) is 30.5 Å². The van der Waals surface area contributed by atoms with E-state index in [9.17, 15) is 4.39 Å². The van der Waals surface area contributed by atoms with Crippen LogP contribution in [0.3, 0.4) is 0 Å². The summed E-state index contributed by atoms with van der Waals surface area (Å²) in [6.45, 7) is 4.41. The standard InChI is InChI=1S/C14H18FN3/c1-10-4-13(17)9-18(7-10)8-12-5-11(6-16)2-3-14(12)15/h2-3,5,10,13H,4,7-9,17H2,1H3. The molecule has 1 saturated heterocycles. The minimum absolute atomic E-state index is 0.163. The van der Waals surface area contributed by atoms with Crippen molar-refractivity contribution in [2.75, 3.05) is 13.1 Å². The van der Waals surface area contributed by atoms with Crippen LogP contribution in [0.25, 0.3) is 0 Å². The molecule has 1 aromatic carbocycles. The van der Waals surface area contributed by atoms with E-state index in [0.29, 0.717) is 23.6 Å². The predicted molar refractivity (Wildman–Crippen MR) is 68.1 cm³/mol. The largest absolute Gasteiger partial charge is 0.327 e. The Kier molecular flexibility index (Phi) is 3.95. The number of hydrogen-bond donors (Lipinski definition) is 1. The van der Waals surface area contributed by atoms with Gasteiger partial charge in [-0.25, -0.2) is 4.39 Å². The minimum atomic E-state index is -0.249. The summed E-state index contributed by atoms with van der Waals surface area (Å²) in [5, 5.41) is 8.84. The topological polar surface area (TPSA) is 53.0 Å². The summed E-state index contributed by atoms with van der Waals surface area (Å²) in [6, 6.07) is 6.69. The van der Waals surface area contributed by atoms with E-state index in [-0.39, 0.29) is 11.9 Å². The molecule has 0 saturated carbocycles. The highest BCUT2D eigenvalue weighted by molar-refractivity contribution is 5.33. The van der Waals surface area contributed by atoms with Crippen molar-refractivity contribution in [2.45, 2.75) is 25.9 Å². The van der Waals surface area contributed by atoms with Gasteiger partial charge < -0.3 is 5.73 Å². The van der Waals surface area contributed by atoms with Crippen LogP contribution in [0.2, 0.25) is 0 Å². The lowest BCUT2D eigenvalue weighted by molar-refractivity contribution is 0.157. The van der Waals surface area contributed by atoms with E-state index < -0.39 is 0 Å². The maximum Gasteiger partial charge on any atom is 0.127 e. The van der Waals surface area contributed by atoms with E-state index in [1.807, 2.05) is 6.07 Å². The van der Waals surface area contributed by atoms with Crippen molar-refractivity contribution < 1.29 is 4.39 Å². The van der Waals surface area contributed by atoms with E-state index >= 15 is 0 Å². The fraction of sp³-hybridized carbons (Fsp3) is 0.500. The van der Waals surface area contributed by atoms with Crippen molar-refractivity contribution in [3.05, 3.63) is 35.1 Å². The molecule has 0 aromatic heterocycles. The Labute approximate surface area is 107 Å². The number of likely N-dealkylation sites (tertiary alicyclic amines) is 1. The predicted octanol–water partition coefficient (Wildman–Crippen LogP) is 1.87. The molecule has 2 atom stereocenters. The lowest BCUT2D eigenvalue weighted by atomic mass is 9.96. The molecular formula is C14H18FN3. The van der Waals surface area contributed by atoms with Crippen molar-refractivity contribution >= 4 is 0 Å². The van der Waals surface area contributed by atoms with Gasteiger partial charge in [0.1, 0.15) is 5.82 Å². The van der Waals surface area contributed by atoms with Crippen LogP contribution >= 0.6 is 0 Å². The van der Waals surface area contributed by atoms with Crippen LogP contribution in [-0.4, -0.2) is 24.0 Å². The first-order valence-electron chi connectivity index (χ1n) is 6.25. The number of piperidine rings is 1. The highest BCUT2D eigenvalue weighted by Gasteiger charge is 2.22. The molecule has 0 aliphatic carbocycles. The highest BCUT2D eigenvalue weighted by Crippen LogP contribution is 2.19. The van der Waals surface area contributed by atoms with E-state index in [0.717, 1.165) is 19.5 Å². The molecule has 3 nitrogen and oxygen atoms in total. The zero-order chi connectivity index (χ0) is 13.1. The molecule has 2 unspecified atom stereocenters. The second-order valence-corrected chi connectivity index (χ2v) is 5.21. The summed E-state index contributed by atoms with van der Waals surface area (Å²) in [4.78, 5) is 2.17. The number of nitrogens with two attached hydrogens (primary N) is 1. The second-order valence-electron chi connectivity index (χ2n) is 5.21. The monoisotopic (exact) mass is 247 g/mol. The van der Waals surface area contributed by atoms with Gasteiger partial charge in [-0.1, -0.05) is 6.92 Å². The van der Waals surface area contributed by atoms with E-state index in [1.54, 1.807) is 6.07 Å². The van der Waals surface area contributed by atoms with Gasteiger partial charge in [0, 0.05) is 31.2 Å². The fourth-order valence-electron chi connectivity index (χ4n) is 2.65. The summed E-state index contributed by atoms with van der Waals surface area (Å²) in [5.41, 5.74) is 7.06. The van der Waals surface area contributed by atoms with Crippen LogP contribution in [0.1, 0.15) is 24.5 Å². The van der Waals surface area contributed by atoms with Gasteiger partial charge in [0.05, 0.1) is 11.6 Å². The van der Waals surface area contributed by atoms with Crippen LogP contribution in [0.5, 0.6) is 0 Å². The quantitative estimate of drug-likeness (QED) is 0.868. The van der Waals surface area contributed by atoms with E-state index in [2.05, 4.69) is 11.8 Å². The number of halogens is 1. The number of rotatable bonds is 2. The van der Waals surface area contributed by atoms with Crippen LogP contribution in [0.15, 0.2) is 18.2 Å². The second kappa shape index (κ2) is 5.47. The Morgan fingerprint density at radius 3 is 2.94 bits per heavy atom. The zero-order valence-corrected chi connectivity index (χ0v) is 10.6. The van der Waals surface area contributed by atoms with Crippen molar-refractivity contribution in [1.82, 2.24) is 4.90 Å². The first-order valence-corrected chi connectivity index (χ1v) is 6.25. The van der Waals surface area contributed by atoms with Crippen LogP contribution in [0.4, 0.5) is 4.39 Å². The third-order valence-corrected chi connectivity index (χ3v) is 3.34. The molecule has 1 heterocycles. The van der Waals surface area contributed by atoms with Crippen molar-refractivity contribution in [3.8, 4) is 6.07 Å². The molecule has 1 aliphatic rings. The summed E-state index contributed by atoms with van der Waals surface area (Å²) < 4.78 is 13.7. The first-order chi connectivity index (χ1) is 8.58. The van der Waals surface area contributed by atoms with E-state index in [4.69, 9.17) is 11.0 Å². The molecular weight excluding hydrogens is 229 g/mol. The molecule has 2 N–H and O–H groups in total. The van der Waals surface area contributed by atoms with Crippen molar-refractivity contribution in [2.24, 2.45) is 11.7 Å². The average Bonchev–Trinajstić information content (AvgIpc) is 2.30. The molecule has 2 rings (SSSR count). The van der Waals surface area contributed by atoms with Gasteiger partial charge in [0.25, 0.3) is 0 Å². The summed E-state index contributed by atoms with van der Waals surface area (Å²) in [5.74, 6) is 0.289. The normalized spacial score (nSPS) is 24.8. The third-order valence-electron chi connectivity index (χ3n) is 3.34. The Bertz CT molecular complexity index is 457. The lowest BCUT2D eigenvalue weighted by Gasteiger charge is -2.34. The molecule has 96 valence electrons. The first kappa shape index (κ1) is 13.0. The Morgan fingerprint density at radius 2 is 2.28 bits per heavy atom. The zero-order valence-electron chi connectivity index (χ0n) is 10.6. The Hall–Kier alpha value is -1.44. The molecule has 1 aliphatic heterocycles. The molecule has 18 heavy (non-hydrogen) atoms. The highest BCUT2D eigenvalue weighted by atomic mass is 19.1. The Morgan fingerprint density at radius 1 is 1.50 bits per heavy atom. The summed E-state index contributed by atoms with van der Waals surface area (Å²) >= 11 is 0. The van der Waals surface area contributed by atoms with Gasteiger partial charge in [0.2, 0.25) is 0 Å². The number of benzene rings is 1. The van der Waals surface area contributed by atoms with Gasteiger partial charge in [-0.2, -0.15) is 5.26 Å². The summed E-state index contributed by atoms with van der Waals surface area (Å²) in [7, 11) is 0. The maximum absolute atomic E-state index is 13.7. The third kappa shape index (κ3) is 3.06. The molecule has 0 spiro atoms. The number of hydrogen-bond acceptors (Lipinski definition) is 3. The number of nitrogens with zero attached hydrogens (tertiary/aromatic N) is 2. The smallest absolute Gasteiger partial charge is 0.127 e. The molecule has 4 heteroatoms. The molecule has 0 amide bonds. The molecule has 0 bridgehead atoms. The van der Waals surface area contributed by atoms with Crippen molar-refractivity contribution in [3.63, 3.8) is 0 Å². The SMILES string of the molecule is CC1CC(N)CN(Cc2cc(C#N)ccc2F)C1. The average molecular weight is 247 g/mol. The maximum atomic E-state index is 13.7. The van der Waals surface area contributed by atoms with Gasteiger partial charge in [-0.3, -0.25) is 4.90 Å². The van der Waals surface area contributed by atoms with Gasteiger partial charge in [0.15, 0.2) is 0 Å². The minimum Gasteiger partial charge on any atom is -0.327 e. The molecule has 1 aromatic rings. The molecule has 1 fully saturated rings. The fourth-order valence-corrected chi connectivity index (χ4v) is 2.65. The van der Waals surface area contributed by atoms with Crippen molar-refractivity contribution in [1.29, 1.82) is 5.26 Å².